The Kier molecular flexibility index (Phi) is 8.10. The van der Waals surface area contributed by atoms with Crippen molar-refractivity contribution in [2.24, 2.45) is 5.92 Å². The highest BCUT2D eigenvalue weighted by atomic mass is 32.2. The first kappa shape index (κ1) is 26.2. The zero-order valence-corrected chi connectivity index (χ0v) is 21.0. The average Bonchev–Trinajstić information content (AvgIpc) is 2.93. The van der Waals surface area contributed by atoms with Crippen LogP contribution in [0.4, 0.5) is 11.4 Å². The Bertz CT molecular complexity index is 1340. The van der Waals surface area contributed by atoms with Gasteiger partial charge in [-0.1, -0.05) is 30.3 Å². The van der Waals surface area contributed by atoms with Crippen LogP contribution < -0.4 is 9.62 Å². The highest BCUT2D eigenvalue weighted by Gasteiger charge is 2.29. The molecule has 1 aliphatic rings. The van der Waals surface area contributed by atoms with Gasteiger partial charge in [0, 0.05) is 25.3 Å². The maximum atomic E-state index is 13.6. The number of aliphatic hydroxyl groups excluding tert-OH is 1. The Morgan fingerprint density at radius 3 is 2.16 bits per heavy atom. The minimum absolute atomic E-state index is 0.0704. The summed E-state index contributed by atoms with van der Waals surface area (Å²) in [5, 5.41) is 22.2. The van der Waals surface area contributed by atoms with E-state index in [1.54, 1.807) is 47.4 Å². The molecule has 0 radical (unpaired) electrons. The number of piperidine rings is 1. The highest BCUT2D eigenvalue weighted by molar-refractivity contribution is 7.93. The number of hydrogen-bond donors (Lipinski definition) is 3. The molecule has 0 aliphatic carbocycles. The fraction of sp³-hybridized carbons (Fsp3) is 0.259. The summed E-state index contributed by atoms with van der Waals surface area (Å²) in [6.07, 6.45) is 1.46. The van der Waals surface area contributed by atoms with E-state index in [0.717, 1.165) is 17.1 Å². The lowest BCUT2D eigenvalue weighted by atomic mass is 9.98. The Labute approximate surface area is 216 Å². The SMILES string of the molecule is O=C(NCC(=O)N1CCC(CO)CC1)c1ccc(S(=O)(=O)N(c2ccccc2)c2ccccc2O)cc1. The number of nitrogens with one attached hydrogen (secondary N) is 1. The molecule has 1 saturated heterocycles. The summed E-state index contributed by atoms with van der Waals surface area (Å²) in [4.78, 5) is 26.6. The molecular formula is C27H29N3O6S. The van der Waals surface area contributed by atoms with Gasteiger partial charge in [-0.2, -0.15) is 0 Å². The normalized spacial score (nSPS) is 14.2. The van der Waals surface area contributed by atoms with Gasteiger partial charge in [0.05, 0.1) is 22.8 Å². The molecule has 0 aromatic heterocycles. The number of rotatable bonds is 8. The van der Waals surface area contributed by atoms with Gasteiger partial charge >= 0.3 is 0 Å². The summed E-state index contributed by atoms with van der Waals surface area (Å²) in [5.41, 5.74) is 0.643. The van der Waals surface area contributed by atoms with Gasteiger partial charge in [0.1, 0.15) is 5.75 Å². The van der Waals surface area contributed by atoms with E-state index in [9.17, 15) is 28.2 Å². The van der Waals surface area contributed by atoms with Gasteiger partial charge < -0.3 is 20.4 Å². The van der Waals surface area contributed by atoms with E-state index in [-0.39, 0.29) is 46.9 Å². The third-order valence-electron chi connectivity index (χ3n) is 6.37. The molecule has 0 bridgehead atoms. The summed E-state index contributed by atoms with van der Waals surface area (Å²) < 4.78 is 28.4. The maximum Gasteiger partial charge on any atom is 0.268 e. The van der Waals surface area contributed by atoms with E-state index >= 15 is 0 Å². The molecule has 10 heteroatoms. The molecule has 1 heterocycles. The standard InChI is InChI=1S/C27H29N3O6S/c31-19-20-14-16-29(17-15-20)26(33)18-28-27(34)21-10-12-23(13-11-21)37(35,36)30(22-6-2-1-3-7-22)24-8-4-5-9-25(24)32/h1-13,20,31-32H,14-19H2,(H,28,34). The number of benzene rings is 3. The smallest absolute Gasteiger partial charge is 0.268 e. The zero-order valence-electron chi connectivity index (χ0n) is 20.2. The number of sulfonamides is 1. The molecule has 0 atom stereocenters. The second kappa shape index (κ2) is 11.4. The topological polar surface area (TPSA) is 127 Å². The fourth-order valence-electron chi connectivity index (χ4n) is 4.23. The van der Waals surface area contributed by atoms with Crippen LogP contribution in [0.25, 0.3) is 0 Å². The monoisotopic (exact) mass is 523 g/mol. The minimum Gasteiger partial charge on any atom is -0.506 e. The van der Waals surface area contributed by atoms with Crippen molar-refractivity contribution in [2.45, 2.75) is 17.7 Å². The van der Waals surface area contributed by atoms with E-state index < -0.39 is 15.9 Å². The Morgan fingerprint density at radius 2 is 1.54 bits per heavy atom. The number of aliphatic hydroxyl groups is 1. The number of carbonyl (C=O) groups is 2. The molecule has 0 spiro atoms. The molecule has 3 N–H and O–H groups in total. The van der Waals surface area contributed by atoms with Crippen molar-refractivity contribution in [3.05, 3.63) is 84.4 Å². The van der Waals surface area contributed by atoms with E-state index in [0.29, 0.717) is 18.8 Å². The summed E-state index contributed by atoms with van der Waals surface area (Å²) in [6, 6.07) is 19.9. The van der Waals surface area contributed by atoms with Crippen LogP contribution in [-0.2, 0) is 14.8 Å². The quantitative estimate of drug-likeness (QED) is 0.417. The molecule has 4 rings (SSSR count). The molecule has 0 saturated carbocycles. The minimum atomic E-state index is -4.16. The number of carbonyl (C=O) groups excluding carboxylic acids is 2. The van der Waals surface area contributed by atoms with Gasteiger partial charge in [-0.3, -0.25) is 9.59 Å². The predicted molar refractivity (Wildman–Crippen MR) is 139 cm³/mol. The largest absolute Gasteiger partial charge is 0.506 e. The van der Waals surface area contributed by atoms with Crippen molar-refractivity contribution >= 4 is 33.2 Å². The molecule has 3 aromatic rings. The average molecular weight is 524 g/mol. The van der Waals surface area contributed by atoms with Gasteiger partial charge in [-0.15, -0.1) is 0 Å². The van der Waals surface area contributed by atoms with Crippen molar-refractivity contribution < 1.29 is 28.2 Å². The first-order valence-corrected chi connectivity index (χ1v) is 13.4. The van der Waals surface area contributed by atoms with Crippen molar-refractivity contribution in [3.8, 4) is 5.75 Å². The van der Waals surface area contributed by atoms with E-state index in [1.165, 1.54) is 36.4 Å². The van der Waals surface area contributed by atoms with Gasteiger partial charge in [0.2, 0.25) is 5.91 Å². The molecule has 194 valence electrons. The number of hydrogen-bond acceptors (Lipinski definition) is 6. The Hall–Kier alpha value is -3.89. The third kappa shape index (κ3) is 5.92. The van der Waals surface area contributed by atoms with E-state index in [1.807, 2.05) is 0 Å². The number of aromatic hydroxyl groups is 1. The van der Waals surface area contributed by atoms with Crippen LogP contribution in [0.2, 0.25) is 0 Å². The molecule has 1 fully saturated rings. The molecule has 9 nitrogen and oxygen atoms in total. The van der Waals surface area contributed by atoms with Crippen molar-refractivity contribution in [2.75, 3.05) is 30.5 Å². The van der Waals surface area contributed by atoms with Gasteiger partial charge in [-0.25, -0.2) is 12.7 Å². The first-order chi connectivity index (χ1) is 17.8. The predicted octanol–water partition coefficient (Wildman–Crippen LogP) is 2.88. The second-order valence-electron chi connectivity index (χ2n) is 8.81. The van der Waals surface area contributed by atoms with Crippen LogP contribution in [0.1, 0.15) is 23.2 Å². The lowest BCUT2D eigenvalue weighted by molar-refractivity contribution is -0.131. The van der Waals surface area contributed by atoms with Crippen LogP contribution in [0.5, 0.6) is 5.75 Å². The van der Waals surface area contributed by atoms with Gasteiger partial charge in [-0.05, 0) is 67.3 Å². The number of amides is 2. The van der Waals surface area contributed by atoms with E-state index in [4.69, 9.17) is 0 Å². The third-order valence-corrected chi connectivity index (χ3v) is 8.13. The molecular weight excluding hydrogens is 494 g/mol. The summed E-state index contributed by atoms with van der Waals surface area (Å²) >= 11 is 0. The maximum absolute atomic E-state index is 13.6. The number of likely N-dealkylation sites (tertiary alicyclic amines) is 1. The zero-order chi connectivity index (χ0) is 26.4. The molecule has 37 heavy (non-hydrogen) atoms. The number of phenols is 1. The molecule has 1 aliphatic heterocycles. The molecule has 2 amide bonds. The van der Waals surface area contributed by atoms with E-state index in [2.05, 4.69) is 5.32 Å². The van der Waals surface area contributed by atoms with Crippen LogP contribution >= 0.6 is 0 Å². The second-order valence-corrected chi connectivity index (χ2v) is 10.6. The fourth-order valence-corrected chi connectivity index (χ4v) is 5.73. The highest BCUT2D eigenvalue weighted by Crippen LogP contribution is 2.37. The van der Waals surface area contributed by atoms with Crippen LogP contribution in [0, 0.1) is 5.92 Å². The first-order valence-electron chi connectivity index (χ1n) is 12.0. The number of phenolic OH excluding ortho intramolecular Hbond substituents is 1. The molecule has 0 unspecified atom stereocenters. The van der Waals surface area contributed by atoms with Gasteiger partial charge in [0.15, 0.2) is 0 Å². The Balaban J connectivity index is 1.48. The van der Waals surface area contributed by atoms with Crippen LogP contribution in [0.15, 0.2) is 83.8 Å². The summed E-state index contributed by atoms with van der Waals surface area (Å²) in [7, 11) is -4.16. The van der Waals surface area contributed by atoms with Crippen molar-refractivity contribution in [1.82, 2.24) is 10.2 Å². The lowest BCUT2D eigenvalue weighted by Crippen LogP contribution is -2.44. The summed E-state index contributed by atoms with van der Waals surface area (Å²) in [6.45, 7) is 1.03. The van der Waals surface area contributed by atoms with Crippen LogP contribution in [0.3, 0.4) is 0 Å². The lowest BCUT2D eigenvalue weighted by Gasteiger charge is -2.31. The molecule has 3 aromatic carbocycles. The van der Waals surface area contributed by atoms with Crippen molar-refractivity contribution in [3.63, 3.8) is 0 Å². The van der Waals surface area contributed by atoms with Crippen LogP contribution in [-0.4, -0.2) is 61.6 Å². The summed E-state index contributed by atoms with van der Waals surface area (Å²) in [5.74, 6) is -0.693. The number of nitrogens with zero attached hydrogens (tertiary/aromatic N) is 2. The number of para-hydroxylation sites is 3. The van der Waals surface area contributed by atoms with Crippen molar-refractivity contribution in [1.29, 1.82) is 0 Å². The number of anilines is 2. The Morgan fingerprint density at radius 1 is 0.919 bits per heavy atom. The van der Waals surface area contributed by atoms with Gasteiger partial charge in [0.25, 0.3) is 15.9 Å².